The highest BCUT2D eigenvalue weighted by Gasteiger charge is 2.44. The van der Waals surface area contributed by atoms with Gasteiger partial charge in [-0.1, -0.05) is 6.92 Å². The zero-order chi connectivity index (χ0) is 19.8. The van der Waals surface area contributed by atoms with Crippen LogP contribution in [0.4, 0.5) is 5.69 Å². The number of piperidine rings is 1. The monoisotopic (exact) mass is 384 g/mol. The van der Waals surface area contributed by atoms with Crippen molar-refractivity contribution in [2.24, 2.45) is 0 Å². The highest BCUT2D eigenvalue weighted by atomic mass is 16.2. The number of rotatable bonds is 4. The quantitative estimate of drug-likeness (QED) is 0.766. The van der Waals surface area contributed by atoms with Crippen molar-refractivity contribution >= 4 is 29.3 Å². The van der Waals surface area contributed by atoms with E-state index < -0.39 is 23.8 Å². The van der Waals surface area contributed by atoms with E-state index in [9.17, 15) is 19.2 Å². The van der Waals surface area contributed by atoms with E-state index in [0.717, 1.165) is 49.7 Å². The fourth-order valence-electron chi connectivity index (χ4n) is 4.20. The molecule has 8 heteroatoms. The van der Waals surface area contributed by atoms with Crippen LogP contribution in [0.1, 0.15) is 46.9 Å². The van der Waals surface area contributed by atoms with E-state index in [4.69, 9.17) is 0 Å². The number of carbonyl (C=O) groups is 4. The predicted molar refractivity (Wildman–Crippen MR) is 102 cm³/mol. The van der Waals surface area contributed by atoms with Crippen LogP contribution in [0, 0.1) is 0 Å². The lowest BCUT2D eigenvalue weighted by Crippen LogP contribution is -2.54. The van der Waals surface area contributed by atoms with Crippen molar-refractivity contribution < 1.29 is 19.2 Å². The number of anilines is 1. The van der Waals surface area contributed by atoms with Gasteiger partial charge in [0.15, 0.2) is 0 Å². The van der Waals surface area contributed by atoms with Gasteiger partial charge >= 0.3 is 0 Å². The Balaban J connectivity index is 1.53. The van der Waals surface area contributed by atoms with Gasteiger partial charge in [-0.25, -0.2) is 0 Å². The normalized spacial score (nSPS) is 23.2. The van der Waals surface area contributed by atoms with Gasteiger partial charge in [-0.3, -0.25) is 34.3 Å². The predicted octanol–water partition coefficient (Wildman–Crippen LogP) is 0.620. The zero-order valence-corrected chi connectivity index (χ0v) is 15.9. The van der Waals surface area contributed by atoms with Crippen LogP contribution in [0.25, 0.3) is 0 Å². The van der Waals surface area contributed by atoms with E-state index in [1.54, 1.807) is 12.1 Å². The molecule has 4 rings (SSSR count). The van der Waals surface area contributed by atoms with Gasteiger partial charge in [0.1, 0.15) is 6.04 Å². The average molecular weight is 384 g/mol. The first-order valence-electron chi connectivity index (χ1n) is 9.82. The number of nitrogens with one attached hydrogen (secondary N) is 1. The lowest BCUT2D eigenvalue weighted by Gasteiger charge is -2.36. The Labute approximate surface area is 163 Å². The number of benzene rings is 1. The Kier molecular flexibility index (Phi) is 4.89. The maximum Gasteiger partial charge on any atom is 0.262 e. The maximum absolute atomic E-state index is 12.9. The van der Waals surface area contributed by atoms with E-state index in [1.807, 2.05) is 6.07 Å². The minimum atomic E-state index is -0.925. The van der Waals surface area contributed by atoms with Gasteiger partial charge < -0.3 is 4.90 Å². The van der Waals surface area contributed by atoms with E-state index in [2.05, 4.69) is 22.0 Å². The first kappa shape index (κ1) is 18.6. The number of carbonyl (C=O) groups excluding carboxylic acids is 4. The molecule has 8 nitrogen and oxygen atoms in total. The summed E-state index contributed by atoms with van der Waals surface area (Å²) in [5, 5.41) is 2.21. The molecule has 1 aromatic carbocycles. The highest BCUT2D eigenvalue weighted by molar-refractivity contribution is 6.23. The molecule has 4 amide bonds. The van der Waals surface area contributed by atoms with Gasteiger partial charge in [0, 0.05) is 38.3 Å². The Morgan fingerprint density at radius 3 is 2.39 bits per heavy atom. The van der Waals surface area contributed by atoms with E-state index in [0.29, 0.717) is 11.1 Å². The summed E-state index contributed by atoms with van der Waals surface area (Å²) < 4.78 is 0. The third-order valence-corrected chi connectivity index (χ3v) is 5.70. The van der Waals surface area contributed by atoms with Crippen LogP contribution in [0.2, 0.25) is 0 Å². The molecule has 1 unspecified atom stereocenters. The molecule has 0 saturated carbocycles. The minimum Gasteiger partial charge on any atom is -0.369 e. The van der Waals surface area contributed by atoms with Gasteiger partial charge in [0.05, 0.1) is 11.1 Å². The molecule has 0 spiro atoms. The number of amides is 4. The fraction of sp³-hybridized carbons (Fsp3) is 0.500. The van der Waals surface area contributed by atoms with Gasteiger partial charge in [-0.15, -0.1) is 0 Å². The second kappa shape index (κ2) is 7.35. The van der Waals surface area contributed by atoms with Crippen LogP contribution in [0.5, 0.6) is 0 Å². The molecule has 3 heterocycles. The molecule has 1 aromatic rings. The van der Waals surface area contributed by atoms with Crippen molar-refractivity contribution in [1.82, 2.24) is 15.1 Å². The third-order valence-electron chi connectivity index (χ3n) is 5.70. The Bertz CT molecular complexity index is 845. The number of fused-ring (bicyclic) bond motifs is 1. The van der Waals surface area contributed by atoms with Crippen LogP contribution < -0.4 is 10.2 Å². The molecule has 0 bridgehead atoms. The molecular weight excluding hydrogens is 360 g/mol. The summed E-state index contributed by atoms with van der Waals surface area (Å²) in [4.78, 5) is 54.8. The summed E-state index contributed by atoms with van der Waals surface area (Å²) in [5.74, 6) is -1.88. The SMILES string of the molecule is CCCN1CCN(c2ccc3c(c2)C(=O)N(C2CCC(=O)NC2=O)C3=O)CC1. The fourth-order valence-corrected chi connectivity index (χ4v) is 4.20. The summed E-state index contributed by atoms with van der Waals surface area (Å²) in [6, 6.07) is 4.38. The summed E-state index contributed by atoms with van der Waals surface area (Å²) in [7, 11) is 0. The molecule has 0 aromatic heterocycles. The maximum atomic E-state index is 12.9. The van der Waals surface area contributed by atoms with Crippen molar-refractivity contribution in [2.75, 3.05) is 37.6 Å². The molecule has 2 saturated heterocycles. The summed E-state index contributed by atoms with van der Waals surface area (Å²) in [5.41, 5.74) is 1.58. The molecule has 28 heavy (non-hydrogen) atoms. The Morgan fingerprint density at radius 2 is 1.71 bits per heavy atom. The number of hydrogen-bond acceptors (Lipinski definition) is 6. The van der Waals surface area contributed by atoms with Crippen LogP contribution in [-0.2, 0) is 9.59 Å². The second-order valence-corrected chi connectivity index (χ2v) is 7.51. The smallest absolute Gasteiger partial charge is 0.262 e. The Morgan fingerprint density at radius 1 is 1.00 bits per heavy atom. The van der Waals surface area contributed by atoms with Gasteiger partial charge in [0.2, 0.25) is 11.8 Å². The molecule has 148 valence electrons. The third kappa shape index (κ3) is 3.17. The number of nitrogens with zero attached hydrogens (tertiary/aromatic N) is 3. The zero-order valence-electron chi connectivity index (χ0n) is 15.9. The highest BCUT2D eigenvalue weighted by Crippen LogP contribution is 2.31. The summed E-state index contributed by atoms with van der Waals surface area (Å²) >= 11 is 0. The van der Waals surface area contributed by atoms with Crippen molar-refractivity contribution in [2.45, 2.75) is 32.2 Å². The van der Waals surface area contributed by atoms with Gasteiger partial charge in [-0.05, 0) is 37.6 Å². The average Bonchev–Trinajstić information content (AvgIpc) is 2.93. The topological polar surface area (TPSA) is 90.0 Å². The second-order valence-electron chi connectivity index (χ2n) is 7.51. The molecule has 1 N–H and O–H groups in total. The Hall–Kier alpha value is -2.74. The largest absolute Gasteiger partial charge is 0.369 e. The van der Waals surface area contributed by atoms with Crippen LogP contribution in [-0.4, -0.2) is 72.2 Å². The number of imide groups is 2. The lowest BCUT2D eigenvalue weighted by atomic mass is 10.0. The van der Waals surface area contributed by atoms with Crippen molar-refractivity contribution in [3.05, 3.63) is 29.3 Å². The van der Waals surface area contributed by atoms with Gasteiger partial charge in [0.25, 0.3) is 11.8 Å². The van der Waals surface area contributed by atoms with Gasteiger partial charge in [-0.2, -0.15) is 0 Å². The van der Waals surface area contributed by atoms with Crippen LogP contribution in [0.3, 0.4) is 0 Å². The van der Waals surface area contributed by atoms with Crippen molar-refractivity contribution in [3.8, 4) is 0 Å². The summed E-state index contributed by atoms with van der Waals surface area (Å²) in [6.07, 6.45) is 1.42. The summed E-state index contributed by atoms with van der Waals surface area (Å²) in [6.45, 7) is 6.95. The molecule has 2 fully saturated rings. The first-order valence-corrected chi connectivity index (χ1v) is 9.82. The van der Waals surface area contributed by atoms with Crippen LogP contribution >= 0.6 is 0 Å². The first-order chi connectivity index (χ1) is 13.5. The molecule has 1 atom stereocenters. The molecule has 0 radical (unpaired) electrons. The lowest BCUT2D eigenvalue weighted by molar-refractivity contribution is -0.136. The standard InChI is InChI=1S/C20H24N4O4/c1-2-7-22-8-10-23(11-9-22)13-3-4-14-15(12-13)20(28)24(19(14)27)16-5-6-17(25)21-18(16)26/h3-4,12,16H,2,5-11H2,1H3,(H,21,25,26). The molecule has 3 aliphatic rings. The van der Waals surface area contributed by atoms with Crippen LogP contribution in [0.15, 0.2) is 18.2 Å². The number of hydrogen-bond donors (Lipinski definition) is 1. The molecular formula is C20H24N4O4. The van der Waals surface area contributed by atoms with E-state index in [1.165, 1.54) is 0 Å². The molecule has 0 aliphatic carbocycles. The minimum absolute atomic E-state index is 0.122. The van der Waals surface area contributed by atoms with E-state index >= 15 is 0 Å². The van der Waals surface area contributed by atoms with Crippen molar-refractivity contribution in [3.63, 3.8) is 0 Å². The van der Waals surface area contributed by atoms with E-state index in [-0.39, 0.29) is 18.7 Å². The molecule has 3 aliphatic heterocycles. The van der Waals surface area contributed by atoms with Crippen molar-refractivity contribution in [1.29, 1.82) is 0 Å². The number of piperazine rings is 1.